The average Bonchev–Trinajstić information content (AvgIpc) is 2.95. The van der Waals surface area contributed by atoms with Gasteiger partial charge in [0, 0.05) is 39.0 Å². The fraction of sp³-hybridized carbons (Fsp3) is 0.750. The largest absolute Gasteiger partial charge is 0.381 e. The van der Waals surface area contributed by atoms with E-state index in [9.17, 15) is 4.79 Å². The lowest BCUT2D eigenvalue weighted by molar-refractivity contribution is -0.125. The molecule has 1 atom stereocenters. The van der Waals surface area contributed by atoms with Crippen molar-refractivity contribution in [2.45, 2.75) is 25.4 Å². The Kier molecular flexibility index (Phi) is 8.52. The van der Waals surface area contributed by atoms with E-state index in [1.54, 1.807) is 17.9 Å². The molecule has 1 aromatic rings. The van der Waals surface area contributed by atoms with Crippen LogP contribution < -0.4 is 11.1 Å². The molecule has 8 nitrogen and oxygen atoms in total. The number of amides is 1. The molecule has 1 aromatic heterocycles. The maximum Gasteiger partial charge on any atom is 0.245 e. The molecule has 0 fully saturated rings. The third-order valence-corrected chi connectivity index (χ3v) is 2.62. The first-order valence-corrected chi connectivity index (χ1v) is 6.68. The zero-order valence-corrected chi connectivity index (χ0v) is 11.8. The van der Waals surface area contributed by atoms with Crippen LogP contribution in [0, 0.1) is 0 Å². The molecular weight excluding hydrogens is 262 g/mol. The number of nitrogens with one attached hydrogen (secondary N) is 1. The minimum atomic E-state index is -0.151. The van der Waals surface area contributed by atoms with Crippen LogP contribution in [0.5, 0.6) is 0 Å². The van der Waals surface area contributed by atoms with Gasteiger partial charge in [-0.2, -0.15) is 0 Å². The van der Waals surface area contributed by atoms with Crippen LogP contribution in [0.2, 0.25) is 0 Å². The van der Waals surface area contributed by atoms with Gasteiger partial charge in [-0.25, -0.2) is 0 Å². The summed E-state index contributed by atoms with van der Waals surface area (Å²) < 4.78 is 12.4. The Morgan fingerprint density at radius 1 is 1.45 bits per heavy atom. The first-order valence-electron chi connectivity index (χ1n) is 6.68. The van der Waals surface area contributed by atoms with Gasteiger partial charge in [0.2, 0.25) is 5.91 Å². The highest BCUT2D eigenvalue weighted by Gasteiger charge is 2.04. The van der Waals surface area contributed by atoms with Crippen LogP contribution in [0.15, 0.2) is 12.4 Å². The van der Waals surface area contributed by atoms with E-state index in [0.717, 1.165) is 13.0 Å². The van der Waals surface area contributed by atoms with Gasteiger partial charge in [-0.1, -0.05) is 5.21 Å². The maximum atomic E-state index is 10.9. The quantitative estimate of drug-likeness (QED) is 0.514. The summed E-state index contributed by atoms with van der Waals surface area (Å²) in [6.07, 6.45) is 5.06. The summed E-state index contributed by atoms with van der Waals surface area (Å²) in [6, 6.07) is -0.116. The van der Waals surface area contributed by atoms with E-state index in [1.165, 1.54) is 0 Å². The molecule has 1 heterocycles. The monoisotopic (exact) mass is 285 g/mol. The number of nitrogens with two attached hydrogens (primary N) is 1. The van der Waals surface area contributed by atoms with E-state index in [-0.39, 0.29) is 18.6 Å². The fourth-order valence-electron chi connectivity index (χ4n) is 1.48. The number of nitrogens with zero attached hydrogens (tertiary/aromatic N) is 3. The van der Waals surface area contributed by atoms with Crippen LogP contribution in [-0.4, -0.2) is 60.4 Å². The highest BCUT2D eigenvalue weighted by Crippen LogP contribution is 1.94. The second-order valence-electron chi connectivity index (χ2n) is 4.37. The molecule has 0 saturated carbocycles. The van der Waals surface area contributed by atoms with Gasteiger partial charge in [-0.05, 0) is 12.8 Å². The van der Waals surface area contributed by atoms with Crippen molar-refractivity contribution in [1.29, 1.82) is 0 Å². The predicted molar refractivity (Wildman–Crippen MR) is 72.9 cm³/mol. The summed E-state index contributed by atoms with van der Waals surface area (Å²) in [4.78, 5) is 10.9. The van der Waals surface area contributed by atoms with Crippen LogP contribution in [0.3, 0.4) is 0 Å². The number of likely N-dealkylation sites (N-methyl/N-ethyl adjacent to an activating group) is 1. The Morgan fingerprint density at radius 2 is 2.30 bits per heavy atom. The average molecular weight is 285 g/mol. The minimum absolute atomic E-state index is 0.0446. The van der Waals surface area contributed by atoms with Crippen molar-refractivity contribution in [3.8, 4) is 0 Å². The molecule has 0 spiro atoms. The SMILES string of the molecule is CNC(=O)COCC(N)CCOCCCn1ccnn1. The lowest BCUT2D eigenvalue weighted by Gasteiger charge is -2.12. The van der Waals surface area contributed by atoms with Crippen LogP contribution in [0.4, 0.5) is 0 Å². The van der Waals surface area contributed by atoms with Gasteiger partial charge in [0.05, 0.1) is 12.8 Å². The summed E-state index contributed by atoms with van der Waals surface area (Å²) >= 11 is 0. The van der Waals surface area contributed by atoms with Crippen molar-refractivity contribution >= 4 is 5.91 Å². The van der Waals surface area contributed by atoms with Gasteiger partial charge in [-0.15, -0.1) is 5.10 Å². The van der Waals surface area contributed by atoms with Crippen LogP contribution >= 0.6 is 0 Å². The number of rotatable bonds is 11. The molecule has 0 aromatic carbocycles. The Labute approximate surface area is 118 Å². The highest BCUT2D eigenvalue weighted by molar-refractivity contribution is 5.76. The zero-order chi connectivity index (χ0) is 14.6. The first kappa shape index (κ1) is 16.5. The minimum Gasteiger partial charge on any atom is -0.381 e. The van der Waals surface area contributed by atoms with Crippen LogP contribution in [0.25, 0.3) is 0 Å². The fourth-order valence-corrected chi connectivity index (χ4v) is 1.48. The third kappa shape index (κ3) is 7.82. The van der Waals surface area contributed by atoms with E-state index in [2.05, 4.69) is 15.6 Å². The lowest BCUT2D eigenvalue weighted by atomic mass is 10.2. The summed E-state index contributed by atoms with van der Waals surface area (Å²) in [5, 5.41) is 10.1. The van der Waals surface area contributed by atoms with Gasteiger partial charge in [0.15, 0.2) is 0 Å². The second-order valence-corrected chi connectivity index (χ2v) is 4.37. The standard InChI is InChI=1S/C12H23N5O3/c1-14-12(18)10-20-9-11(13)3-8-19-7-2-5-17-6-4-15-16-17/h4,6,11H,2-3,5,7-10,13H2,1H3,(H,14,18). The molecule has 114 valence electrons. The Morgan fingerprint density at radius 3 is 3.00 bits per heavy atom. The number of carbonyl (C=O) groups excluding carboxylic acids is 1. The van der Waals surface area contributed by atoms with Crippen molar-refractivity contribution in [3.63, 3.8) is 0 Å². The van der Waals surface area contributed by atoms with E-state index in [4.69, 9.17) is 15.2 Å². The normalized spacial score (nSPS) is 12.3. The van der Waals surface area contributed by atoms with Crippen molar-refractivity contribution in [1.82, 2.24) is 20.3 Å². The predicted octanol–water partition coefficient (Wildman–Crippen LogP) is -0.835. The van der Waals surface area contributed by atoms with Crippen molar-refractivity contribution in [2.75, 3.05) is 33.5 Å². The third-order valence-electron chi connectivity index (χ3n) is 2.62. The summed E-state index contributed by atoms with van der Waals surface area (Å²) in [5.41, 5.74) is 5.83. The topological polar surface area (TPSA) is 104 Å². The molecule has 0 saturated heterocycles. The molecule has 1 amide bonds. The van der Waals surface area contributed by atoms with Crippen LogP contribution in [-0.2, 0) is 20.8 Å². The Hall–Kier alpha value is -1.51. The van der Waals surface area contributed by atoms with Gasteiger partial charge >= 0.3 is 0 Å². The number of carbonyl (C=O) groups is 1. The van der Waals surface area contributed by atoms with Crippen molar-refractivity contribution < 1.29 is 14.3 Å². The molecule has 0 aliphatic carbocycles. The van der Waals surface area contributed by atoms with Gasteiger partial charge in [-0.3, -0.25) is 9.48 Å². The summed E-state index contributed by atoms with van der Waals surface area (Å²) in [5.74, 6) is -0.151. The molecule has 1 rings (SSSR count). The Balaban J connectivity index is 1.88. The summed E-state index contributed by atoms with van der Waals surface area (Å²) in [6.45, 7) is 2.44. The number of aromatic nitrogens is 3. The van der Waals surface area contributed by atoms with E-state index >= 15 is 0 Å². The number of ether oxygens (including phenoxy) is 2. The smallest absolute Gasteiger partial charge is 0.245 e. The molecule has 1 unspecified atom stereocenters. The number of aryl methyl sites for hydroxylation is 1. The van der Waals surface area contributed by atoms with Gasteiger partial charge in [0.25, 0.3) is 0 Å². The first-order chi connectivity index (χ1) is 9.72. The van der Waals surface area contributed by atoms with Crippen molar-refractivity contribution in [3.05, 3.63) is 12.4 Å². The van der Waals surface area contributed by atoms with Gasteiger partial charge in [0.1, 0.15) is 6.61 Å². The van der Waals surface area contributed by atoms with E-state index in [0.29, 0.717) is 26.2 Å². The Bertz CT molecular complexity index is 358. The molecule has 20 heavy (non-hydrogen) atoms. The lowest BCUT2D eigenvalue weighted by Crippen LogP contribution is -2.31. The van der Waals surface area contributed by atoms with Gasteiger partial charge < -0.3 is 20.5 Å². The van der Waals surface area contributed by atoms with E-state index in [1.807, 2.05) is 6.20 Å². The number of hydrogen-bond acceptors (Lipinski definition) is 6. The molecule has 0 aliphatic heterocycles. The highest BCUT2D eigenvalue weighted by atomic mass is 16.5. The maximum absolute atomic E-state index is 10.9. The molecule has 3 N–H and O–H groups in total. The molecule has 0 radical (unpaired) electrons. The van der Waals surface area contributed by atoms with E-state index < -0.39 is 0 Å². The van der Waals surface area contributed by atoms with Crippen LogP contribution in [0.1, 0.15) is 12.8 Å². The number of hydrogen-bond donors (Lipinski definition) is 2. The zero-order valence-electron chi connectivity index (χ0n) is 11.8. The molecule has 0 aliphatic rings. The molecular formula is C12H23N5O3. The molecule has 0 bridgehead atoms. The summed E-state index contributed by atoms with van der Waals surface area (Å²) in [7, 11) is 1.57. The second kappa shape index (κ2) is 10.3. The van der Waals surface area contributed by atoms with Crippen molar-refractivity contribution in [2.24, 2.45) is 5.73 Å². The molecule has 8 heteroatoms.